The normalized spacial score (nSPS) is 11.9. The molecule has 3 heterocycles. The lowest BCUT2D eigenvalue weighted by atomic mass is 10.0. The summed E-state index contributed by atoms with van der Waals surface area (Å²) in [5.41, 5.74) is 15.7. The predicted molar refractivity (Wildman–Crippen MR) is 239 cm³/mol. The van der Waals surface area contributed by atoms with Crippen molar-refractivity contribution in [3.05, 3.63) is 206 Å². The number of rotatable bonds is 5. The van der Waals surface area contributed by atoms with Crippen LogP contribution in [0.3, 0.4) is 0 Å². The molecule has 0 atom stereocenters. The standard InChI is InChI=1S/C54H34N2O/c1-4-14-35(15-5-1)38-24-27-51-45(30-38)42-20-10-12-22-49(42)55(51)40-26-29-53-47(32-40)48-34-41(33-44(54(48)57-53)37-18-8-3-9-19-37)56-50-23-13-11-21-43(50)46-31-39(25-28-52(46)56)36-16-6-2-7-17-36/h1-34H. The Morgan fingerprint density at radius 3 is 1.33 bits per heavy atom. The van der Waals surface area contributed by atoms with Gasteiger partial charge >= 0.3 is 0 Å². The van der Waals surface area contributed by atoms with Crippen LogP contribution < -0.4 is 0 Å². The highest BCUT2D eigenvalue weighted by Crippen LogP contribution is 2.43. The molecule has 3 heteroatoms. The van der Waals surface area contributed by atoms with Gasteiger partial charge < -0.3 is 13.6 Å². The first-order chi connectivity index (χ1) is 28.3. The van der Waals surface area contributed by atoms with Crippen LogP contribution in [0.15, 0.2) is 211 Å². The number of hydrogen-bond donors (Lipinski definition) is 0. The largest absolute Gasteiger partial charge is 0.455 e. The molecule has 0 unspecified atom stereocenters. The van der Waals surface area contributed by atoms with Gasteiger partial charge in [-0.05, 0) is 94.5 Å². The van der Waals surface area contributed by atoms with Crippen LogP contribution in [0, 0.1) is 0 Å². The lowest BCUT2D eigenvalue weighted by molar-refractivity contribution is 0.670. The first-order valence-electron chi connectivity index (χ1n) is 19.5. The lowest BCUT2D eigenvalue weighted by Gasteiger charge is -2.12. The predicted octanol–water partition coefficient (Wildman–Crippen LogP) is 14.8. The molecule has 12 rings (SSSR count). The van der Waals surface area contributed by atoms with Crippen molar-refractivity contribution >= 4 is 65.6 Å². The number of hydrogen-bond acceptors (Lipinski definition) is 1. The van der Waals surface area contributed by atoms with Crippen LogP contribution in [0.25, 0.3) is 110 Å². The summed E-state index contributed by atoms with van der Waals surface area (Å²) in [6.07, 6.45) is 0. The van der Waals surface area contributed by atoms with Gasteiger partial charge in [0.25, 0.3) is 0 Å². The fourth-order valence-corrected chi connectivity index (χ4v) is 9.07. The summed E-state index contributed by atoms with van der Waals surface area (Å²) < 4.78 is 11.7. The molecule has 0 fully saturated rings. The molecular formula is C54H34N2O. The Balaban J connectivity index is 1.11. The van der Waals surface area contributed by atoms with Crippen molar-refractivity contribution in [2.24, 2.45) is 0 Å². The molecule has 0 radical (unpaired) electrons. The Hall–Kier alpha value is -7.62. The SMILES string of the molecule is c1ccc(-c2ccc3c(c2)c2ccccc2n3-c2ccc3oc4c(-c5ccccc5)cc(-n5c6ccccc6c6cc(-c7ccccc7)ccc65)cc4c3c2)cc1. The summed E-state index contributed by atoms with van der Waals surface area (Å²) in [6, 6.07) is 74.4. The van der Waals surface area contributed by atoms with E-state index in [0.29, 0.717) is 0 Å². The number of fused-ring (bicyclic) bond motifs is 9. The molecule has 3 aromatic heterocycles. The second-order valence-corrected chi connectivity index (χ2v) is 14.9. The maximum atomic E-state index is 6.84. The molecule has 0 amide bonds. The van der Waals surface area contributed by atoms with Crippen molar-refractivity contribution in [2.45, 2.75) is 0 Å². The van der Waals surface area contributed by atoms with Gasteiger partial charge in [0.05, 0.1) is 22.1 Å². The summed E-state index contributed by atoms with van der Waals surface area (Å²) in [4.78, 5) is 0. The Bertz CT molecular complexity index is 3500. The van der Waals surface area contributed by atoms with Crippen molar-refractivity contribution < 1.29 is 4.42 Å². The Kier molecular flexibility index (Phi) is 6.93. The molecule has 0 aliphatic carbocycles. The highest BCUT2D eigenvalue weighted by molar-refractivity contribution is 6.15. The fraction of sp³-hybridized carbons (Fsp3) is 0. The second kappa shape index (κ2) is 12.5. The summed E-state index contributed by atoms with van der Waals surface area (Å²) in [7, 11) is 0. The number of nitrogens with zero attached hydrogens (tertiary/aromatic N) is 2. The van der Waals surface area contributed by atoms with Crippen LogP contribution in [-0.4, -0.2) is 9.13 Å². The minimum absolute atomic E-state index is 0.866. The monoisotopic (exact) mass is 726 g/mol. The van der Waals surface area contributed by atoms with E-state index in [2.05, 4.69) is 215 Å². The van der Waals surface area contributed by atoms with Crippen LogP contribution in [0.2, 0.25) is 0 Å². The van der Waals surface area contributed by atoms with Crippen molar-refractivity contribution in [1.29, 1.82) is 0 Å². The van der Waals surface area contributed by atoms with E-state index in [9.17, 15) is 0 Å². The van der Waals surface area contributed by atoms with Gasteiger partial charge in [-0.3, -0.25) is 0 Å². The van der Waals surface area contributed by atoms with Crippen molar-refractivity contribution in [3.63, 3.8) is 0 Å². The highest BCUT2D eigenvalue weighted by atomic mass is 16.3. The molecule has 12 aromatic rings. The quantitative estimate of drug-likeness (QED) is 0.173. The van der Waals surface area contributed by atoms with E-state index in [1.165, 1.54) is 65.9 Å². The molecule has 0 spiro atoms. The third kappa shape index (κ3) is 4.92. The third-order valence-electron chi connectivity index (χ3n) is 11.7. The van der Waals surface area contributed by atoms with E-state index in [0.717, 1.165) is 44.4 Å². The Morgan fingerprint density at radius 1 is 0.281 bits per heavy atom. The van der Waals surface area contributed by atoms with Gasteiger partial charge in [-0.2, -0.15) is 0 Å². The van der Waals surface area contributed by atoms with Gasteiger partial charge in [0.1, 0.15) is 11.2 Å². The van der Waals surface area contributed by atoms with E-state index in [1.54, 1.807) is 0 Å². The third-order valence-corrected chi connectivity index (χ3v) is 11.7. The molecule has 266 valence electrons. The maximum absolute atomic E-state index is 6.84. The number of para-hydroxylation sites is 2. The average Bonchev–Trinajstić information content (AvgIpc) is 3.94. The fourth-order valence-electron chi connectivity index (χ4n) is 9.07. The van der Waals surface area contributed by atoms with Crippen molar-refractivity contribution in [2.75, 3.05) is 0 Å². The highest BCUT2D eigenvalue weighted by Gasteiger charge is 2.20. The van der Waals surface area contributed by atoms with Gasteiger partial charge in [-0.15, -0.1) is 0 Å². The van der Waals surface area contributed by atoms with Crippen LogP contribution in [0.5, 0.6) is 0 Å². The van der Waals surface area contributed by atoms with E-state index in [4.69, 9.17) is 4.42 Å². The van der Waals surface area contributed by atoms with E-state index in [-0.39, 0.29) is 0 Å². The number of aromatic nitrogens is 2. The summed E-state index contributed by atoms with van der Waals surface area (Å²) in [5.74, 6) is 0. The van der Waals surface area contributed by atoms with Gasteiger partial charge in [-0.25, -0.2) is 0 Å². The maximum Gasteiger partial charge on any atom is 0.143 e. The summed E-state index contributed by atoms with van der Waals surface area (Å²) >= 11 is 0. The van der Waals surface area contributed by atoms with Crippen molar-refractivity contribution in [1.82, 2.24) is 9.13 Å². The molecule has 0 bridgehead atoms. The first kappa shape index (κ1) is 31.7. The number of benzene rings is 9. The molecule has 9 aromatic carbocycles. The first-order valence-corrected chi connectivity index (χ1v) is 19.5. The topological polar surface area (TPSA) is 23.0 Å². The summed E-state index contributed by atoms with van der Waals surface area (Å²) in [5, 5.41) is 7.10. The molecule has 3 nitrogen and oxygen atoms in total. The molecule has 0 aliphatic heterocycles. The number of furan rings is 1. The van der Waals surface area contributed by atoms with E-state index < -0.39 is 0 Å². The Labute approximate surface area is 328 Å². The lowest BCUT2D eigenvalue weighted by Crippen LogP contribution is -1.95. The minimum Gasteiger partial charge on any atom is -0.455 e. The smallest absolute Gasteiger partial charge is 0.143 e. The molecular weight excluding hydrogens is 693 g/mol. The van der Waals surface area contributed by atoms with Crippen LogP contribution in [-0.2, 0) is 0 Å². The molecule has 0 saturated heterocycles. The molecule has 0 saturated carbocycles. The zero-order valence-electron chi connectivity index (χ0n) is 30.9. The van der Waals surface area contributed by atoms with Crippen LogP contribution >= 0.6 is 0 Å². The minimum atomic E-state index is 0.866. The van der Waals surface area contributed by atoms with Crippen molar-refractivity contribution in [3.8, 4) is 44.8 Å². The summed E-state index contributed by atoms with van der Waals surface area (Å²) in [6.45, 7) is 0. The van der Waals surface area contributed by atoms with E-state index in [1.807, 2.05) is 0 Å². The second-order valence-electron chi connectivity index (χ2n) is 14.9. The van der Waals surface area contributed by atoms with Gasteiger partial charge in [-0.1, -0.05) is 140 Å². The van der Waals surface area contributed by atoms with E-state index >= 15 is 0 Å². The molecule has 0 N–H and O–H groups in total. The van der Waals surface area contributed by atoms with Gasteiger partial charge in [0, 0.05) is 49.3 Å². The van der Waals surface area contributed by atoms with Gasteiger partial charge in [0.2, 0.25) is 0 Å². The average molecular weight is 727 g/mol. The van der Waals surface area contributed by atoms with Crippen LogP contribution in [0.1, 0.15) is 0 Å². The van der Waals surface area contributed by atoms with Crippen LogP contribution in [0.4, 0.5) is 0 Å². The zero-order valence-corrected chi connectivity index (χ0v) is 30.9. The molecule has 0 aliphatic rings. The molecule has 57 heavy (non-hydrogen) atoms. The zero-order chi connectivity index (χ0) is 37.5. The Morgan fingerprint density at radius 2 is 0.754 bits per heavy atom. The van der Waals surface area contributed by atoms with Gasteiger partial charge in [0.15, 0.2) is 0 Å².